The molecule has 1 aromatic heterocycles. The van der Waals surface area contributed by atoms with E-state index >= 15 is 0 Å². The van der Waals surface area contributed by atoms with Crippen molar-refractivity contribution >= 4 is 17.4 Å². The van der Waals surface area contributed by atoms with E-state index in [1.54, 1.807) is 0 Å². The number of nitrogens with zero attached hydrogens (tertiary/aromatic N) is 3. The topological polar surface area (TPSA) is 45.7 Å². The number of thiazole rings is 1. The Labute approximate surface area is 147 Å². The van der Waals surface area contributed by atoms with Crippen molar-refractivity contribution in [3.05, 3.63) is 52.5 Å². The number of aromatic nitrogens is 1. The van der Waals surface area contributed by atoms with E-state index < -0.39 is 18.0 Å². The van der Waals surface area contributed by atoms with Crippen molar-refractivity contribution < 1.29 is 18.4 Å². The van der Waals surface area contributed by atoms with Crippen LogP contribution in [-0.4, -0.2) is 39.6 Å². The molecule has 2 aromatic rings. The van der Waals surface area contributed by atoms with E-state index in [0.29, 0.717) is 6.42 Å². The Hall–Kier alpha value is -2.06. The van der Waals surface area contributed by atoms with Crippen molar-refractivity contribution in [1.29, 1.82) is 0 Å². The average molecular weight is 365 g/mol. The summed E-state index contributed by atoms with van der Waals surface area (Å²) < 4.78 is 29.6. The molecule has 2 amide bonds. The summed E-state index contributed by atoms with van der Waals surface area (Å²) in [4.78, 5) is 23.3. The lowest BCUT2D eigenvalue weighted by Crippen LogP contribution is -2.49. The summed E-state index contributed by atoms with van der Waals surface area (Å²) in [6.45, 7) is 0.504. The summed E-state index contributed by atoms with van der Waals surface area (Å²) in [5, 5.41) is 2.55. The van der Waals surface area contributed by atoms with Crippen LogP contribution >= 0.6 is 11.3 Å². The molecule has 3 heterocycles. The molecule has 132 valence electrons. The van der Waals surface area contributed by atoms with Gasteiger partial charge in [0, 0.05) is 18.1 Å². The SMILES string of the molecule is O=C1N2C[C@@H](CC[C@H]2C(F)(F)c2nccs2)N1OCc1ccccc1. The van der Waals surface area contributed by atoms with Gasteiger partial charge in [0.05, 0.1) is 6.04 Å². The van der Waals surface area contributed by atoms with Gasteiger partial charge in [0.25, 0.3) is 0 Å². The van der Waals surface area contributed by atoms with E-state index in [0.717, 1.165) is 16.9 Å². The van der Waals surface area contributed by atoms with Gasteiger partial charge in [0.15, 0.2) is 5.01 Å². The van der Waals surface area contributed by atoms with Gasteiger partial charge in [-0.25, -0.2) is 9.78 Å². The summed E-state index contributed by atoms with van der Waals surface area (Å²) in [5.74, 6) is -3.15. The van der Waals surface area contributed by atoms with Gasteiger partial charge in [-0.2, -0.15) is 13.8 Å². The van der Waals surface area contributed by atoms with Crippen LogP contribution in [0.5, 0.6) is 0 Å². The summed E-state index contributed by atoms with van der Waals surface area (Å²) >= 11 is 0.915. The number of piperidine rings is 1. The highest BCUT2D eigenvalue weighted by Crippen LogP contribution is 2.43. The first-order valence-electron chi connectivity index (χ1n) is 8.12. The smallest absolute Gasteiger partial charge is 0.311 e. The van der Waals surface area contributed by atoms with Crippen LogP contribution in [-0.2, 0) is 17.4 Å². The molecule has 2 atom stereocenters. The summed E-state index contributed by atoms with van der Waals surface area (Å²) in [6.07, 6.45) is 2.08. The minimum absolute atomic E-state index is 0.181. The fourth-order valence-electron chi connectivity index (χ4n) is 3.42. The second-order valence-electron chi connectivity index (χ2n) is 6.23. The van der Waals surface area contributed by atoms with Crippen LogP contribution in [0.3, 0.4) is 0 Å². The Kier molecular flexibility index (Phi) is 4.16. The minimum atomic E-state index is -3.15. The highest BCUT2D eigenvalue weighted by molar-refractivity contribution is 7.09. The first-order valence-corrected chi connectivity index (χ1v) is 9.00. The number of hydroxylamine groups is 2. The number of hydrogen-bond acceptors (Lipinski definition) is 4. The third-order valence-corrected chi connectivity index (χ3v) is 5.53. The van der Waals surface area contributed by atoms with E-state index in [1.165, 1.54) is 21.5 Å². The van der Waals surface area contributed by atoms with Crippen molar-refractivity contribution in [2.24, 2.45) is 0 Å². The first kappa shape index (κ1) is 16.4. The first-order chi connectivity index (χ1) is 12.1. The van der Waals surface area contributed by atoms with Gasteiger partial charge >= 0.3 is 12.0 Å². The molecule has 0 N–H and O–H groups in total. The number of urea groups is 1. The number of rotatable bonds is 5. The van der Waals surface area contributed by atoms with Crippen molar-refractivity contribution in [3.8, 4) is 0 Å². The second-order valence-corrected chi connectivity index (χ2v) is 7.12. The largest absolute Gasteiger partial charge is 0.344 e. The number of halogens is 2. The number of fused-ring (bicyclic) bond motifs is 2. The van der Waals surface area contributed by atoms with Crippen molar-refractivity contribution in [2.45, 2.75) is 37.5 Å². The van der Waals surface area contributed by atoms with E-state index in [9.17, 15) is 13.6 Å². The maximum Gasteiger partial charge on any atom is 0.344 e. The maximum absolute atomic E-state index is 14.8. The van der Waals surface area contributed by atoms with E-state index in [4.69, 9.17) is 4.84 Å². The van der Waals surface area contributed by atoms with Gasteiger partial charge in [0.1, 0.15) is 12.6 Å². The van der Waals surface area contributed by atoms with Crippen molar-refractivity contribution in [2.75, 3.05) is 6.54 Å². The Morgan fingerprint density at radius 1 is 1.28 bits per heavy atom. The molecule has 0 radical (unpaired) electrons. The van der Waals surface area contributed by atoms with Crippen LogP contribution in [0.2, 0.25) is 0 Å². The number of alkyl halides is 2. The van der Waals surface area contributed by atoms with Gasteiger partial charge in [0.2, 0.25) is 0 Å². The number of hydrogen-bond donors (Lipinski definition) is 0. The number of carbonyl (C=O) groups excluding carboxylic acids is 1. The molecule has 2 aliphatic heterocycles. The molecule has 2 aliphatic rings. The highest BCUT2D eigenvalue weighted by Gasteiger charge is 2.56. The minimum Gasteiger partial charge on any atom is -0.311 e. The standard InChI is InChI=1S/C17H17F2N3O2S/c18-17(19,15-20-8-9-25-15)14-7-6-13-10-21(14)16(23)22(13)24-11-12-4-2-1-3-5-12/h1-5,8-9,13-14H,6-7,10-11H2/t13-,14+/m1/s1. The molecule has 2 bridgehead atoms. The zero-order chi connectivity index (χ0) is 17.4. The van der Waals surface area contributed by atoms with Crippen LogP contribution < -0.4 is 0 Å². The summed E-state index contributed by atoms with van der Waals surface area (Å²) in [6, 6.07) is 7.62. The molecular weight excluding hydrogens is 348 g/mol. The molecule has 0 saturated carbocycles. The predicted molar refractivity (Wildman–Crippen MR) is 88.0 cm³/mol. The molecule has 0 aliphatic carbocycles. The predicted octanol–water partition coefficient (Wildman–Crippen LogP) is 3.64. The molecule has 2 fully saturated rings. The lowest BCUT2D eigenvalue weighted by molar-refractivity contribution is -0.140. The normalized spacial score (nSPS) is 23.4. The molecule has 4 rings (SSSR count). The molecule has 0 unspecified atom stereocenters. The van der Waals surface area contributed by atoms with Gasteiger partial charge in [-0.3, -0.25) is 4.84 Å². The molecule has 1 aromatic carbocycles. The Morgan fingerprint density at radius 2 is 2.08 bits per heavy atom. The monoisotopic (exact) mass is 365 g/mol. The zero-order valence-corrected chi connectivity index (χ0v) is 14.2. The van der Waals surface area contributed by atoms with Gasteiger partial charge in [-0.15, -0.1) is 11.3 Å². The molecule has 5 nitrogen and oxygen atoms in total. The number of amides is 2. The lowest BCUT2D eigenvalue weighted by Gasteiger charge is -2.34. The van der Waals surface area contributed by atoms with Crippen molar-refractivity contribution in [3.63, 3.8) is 0 Å². The Bertz CT molecular complexity index is 742. The van der Waals surface area contributed by atoms with Crippen LogP contribution in [0.25, 0.3) is 0 Å². The number of carbonyl (C=O) groups is 1. The third-order valence-electron chi connectivity index (χ3n) is 4.67. The highest BCUT2D eigenvalue weighted by atomic mass is 32.1. The average Bonchev–Trinajstić information content (AvgIpc) is 3.24. The van der Waals surface area contributed by atoms with Gasteiger partial charge < -0.3 is 4.90 Å². The third kappa shape index (κ3) is 2.89. The van der Waals surface area contributed by atoms with Crippen molar-refractivity contribution in [1.82, 2.24) is 14.9 Å². The quantitative estimate of drug-likeness (QED) is 0.813. The van der Waals surface area contributed by atoms with E-state index in [1.807, 2.05) is 30.3 Å². The molecular formula is C17H17F2N3O2S. The van der Waals surface area contributed by atoms with E-state index in [2.05, 4.69) is 4.98 Å². The Morgan fingerprint density at radius 3 is 2.80 bits per heavy atom. The Balaban J connectivity index is 1.48. The fourth-order valence-corrected chi connectivity index (χ4v) is 4.09. The lowest BCUT2D eigenvalue weighted by atomic mass is 9.96. The number of benzene rings is 1. The fraction of sp³-hybridized carbons (Fsp3) is 0.412. The van der Waals surface area contributed by atoms with Crippen LogP contribution in [0.15, 0.2) is 41.9 Å². The summed E-state index contributed by atoms with van der Waals surface area (Å²) in [7, 11) is 0. The van der Waals surface area contributed by atoms with Crippen LogP contribution in [0, 0.1) is 0 Å². The van der Waals surface area contributed by atoms with Crippen LogP contribution in [0.4, 0.5) is 13.6 Å². The molecule has 8 heteroatoms. The molecule has 25 heavy (non-hydrogen) atoms. The summed E-state index contributed by atoms with van der Waals surface area (Å²) in [5.41, 5.74) is 0.927. The molecule has 2 saturated heterocycles. The van der Waals surface area contributed by atoms with Crippen LogP contribution in [0.1, 0.15) is 23.4 Å². The zero-order valence-electron chi connectivity index (χ0n) is 13.3. The van der Waals surface area contributed by atoms with E-state index in [-0.39, 0.29) is 30.6 Å². The van der Waals surface area contributed by atoms with Gasteiger partial charge in [-0.1, -0.05) is 30.3 Å². The maximum atomic E-state index is 14.8. The molecule has 0 spiro atoms. The second kappa shape index (κ2) is 6.34. The van der Waals surface area contributed by atoms with Gasteiger partial charge in [-0.05, 0) is 18.4 Å².